The van der Waals surface area contributed by atoms with Gasteiger partial charge in [0.2, 0.25) is 0 Å². The van der Waals surface area contributed by atoms with E-state index in [4.69, 9.17) is 23.2 Å². The Morgan fingerprint density at radius 2 is 1.73 bits per heavy atom. The number of hydrogen-bond donors (Lipinski definition) is 1. The Kier molecular flexibility index (Phi) is 5.97. The molecule has 6 nitrogen and oxygen atoms in total. The van der Waals surface area contributed by atoms with E-state index in [0.717, 1.165) is 16.9 Å². The van der Waals surface area contributed by atoms with Gasteiger partial charge >= 0.3 is 6.03 Å². The van der Waals surface area contributed by atoms with Gasteiger partial charge in [0, 0.05) is 42.3 Å². The molecule has 0 aliphatic carbocycles. The van der Waals surface area contributed by atoms with Crippen molar-refractivity contribution in [3.8, 4) is 0 Å². The summed E-state index contributed by atoms with van der Waals surface area (Å²) in [5.41, 5.74) is 2.73. The number of amides is 2. The lowest BCUT2D eigenvalue weighted by atomic mass is 10.0. The number of fused-ring (bicyclic) bond motifs is 1. The Morgan fingerprint density at radius 1 is 1.03 bits per heavy atom. The lowest BCUT2D eigenvalue weighted by molar-refractivity contribution is 0.208. The van der Waals surface area contributed by atoms with E-state index < -0.39 is 0 Å². The number of rotatable bonds is 3. The highest BCUT2D eigenvalue weighted by atomic mass is 35.5. The maximum Gasteiger partial charge on any atom is 0.321 e. The fourth-order valence-corrected chi connectivity index (χ4v) is 4.15. The average Bonchev–Trinajstić information content (AvgIpc) is 2.74. The van der Waals surface area contributed by atoms with E-state index in [1.807, 2.05) is 23.1 Å². The van der Waals surface area contributed by atoms with Gasteiger partial charge in [-0.3, -0.25) is 0 Å². The number of halogens is 2. The second-order valence-corrected chi connectivity index (χ2v) is 8.51. The molecule has 1 fully saturated rings. The van der Waals surface area contributed by atoms with Gasteiger partial charge in [0.1, 0.15) is 12.1 Å². The molecular weight excluding hydrogens is 421 g/mol. The van der Waals surface area contributed by atoms with Crippen LogP contribution in [-0.4, -0.2) is 47.1 Å². The molecule has 1 saturated heterocycles. The van der Waals surface area contributed by atoms with Crippen LogP contribution >= 0.6 is 23.2 Å². The number of piperazine rings is 1. The Balaban J connectivity index is 1.43. The van der Waals surface area contributed by atoms with Crippen molar-refractivity contribution < 1.29 is 4.79 Å². The fraction of sp³-hybridized carbons (Fsp3) is 0.318. The van der Waals surface area contributed by atoms with E-state index in [9.17, 15) is 4.79 Å². The Bertz CT molecular complexity index is 1060. The molecule has 1 aliphatic heterocycles. The largest absolute Gasteiger partial charge is 0.352 e. The van der Waals surface area contributed by atoms with E-state index in [-0.39, 0.29) is 6.03 Å². The molecule has 0 spiro atoms. The normalized spacial score (nSPS) is 14.4. The molecule has 3 aromatic rings. The third-order valence-corrected chi connectivity index (χ3v) is 5.84. The van der Waals surface area contributed by atoms with Gasteiger partial charge in [0.05, 0.1) is 10.5 Å². The summed E-state index contributed by atoms with van der Waals surface area (Å²) in [4.78, 5) is 25.4. The molecular formula is C22H23Cl2N5O. The van der Waals surface area contributed by atoms with Crippen LogP contribution in [0.3, 0.4) is 0 Å². The molecule has 8 heteroatoms. The Labute approximate surface area is 185 Å². The molecule has 0 radical (unpaired) electrons. The highest BCUT2D eigenvalue weighted by Gasteiger charge is 2.23. The number of carbonyl (C=O) groups is 1. The second kappa shape index (κ2) is 8.66. The van der Waals surface area contributed by atoms with Crippen LogP contribution < -0.4 is 10.2 Å². The number of nitrogens with one attached hydrogen (secondary N) is 1. The van der Waals surface area contributed by atoms with E-state index in [2.05, 4.69) is 46.2 Å². The third-order valence-electron chi connectivity index (χ3n) is 5.33. The first-order chi connectivity index (χ1) is 14.4. The van der Waals surface area contributed by atoms with Crippen molar-refractivity contribution in [1.29, 1.82) is 0 Å². The van der Waals surface area contributed by atoms with Crippen LogP contribution in [0, 0.1) is 0 Å². The van der Waals surface area contributed by atoms with Crippen LogP contribution in [0.4, 0.5) is 16.3 Å². The first-order valence-electron chi connectivity index (χ1n) is 9.93. The van der Waals surface area contributed by atoms with Gasteiger partial charge in [-0.15, -0.1) is 0 Å². The smallest absolute Gasteiger partial charge is 0.321 e. The highest BCUT2D eigenvalue weighted by molar-refractivity contribution is 6.38. The number of urea groups is 1. The van der Waals surface area contributed by atoms with Crippen LogP contribution in [0.25, 0.3) is 10.9 Å². The lowest BCUT2D eigenvalue weighted by Gasteiger charge is -2.35. The topological polar surface area (TPSA) is 61.4 Å². The van der Waals surface area contributed by atoms with Crippen molar-refractivity contribution in [3.63, 3.8) is 0 Å². The van der Waals surface area contributed by atoms with Crippen LogP contribution in [0.2, 0.25) is 10.0 Å². The number of carbonyl (C=O) groups excluding carboxylic acids is 1. The van der Waals surface area contributed by atoms with Gasteiger partial charge in [0.25, 0.3) is 0 Å². The quantitative estimate of drug-likeness (QED) is 0.587. The number of hydrogen-bond acceptors (Lipinski definition) is 4. The average molecular weight is 444 g/mol. The molecule has 2 aromatic carbocycles. The first-order valence-corrected chi connectivity index (χ1v) is 10.7. The number of aromatic nitrogens is 2. The highest BCUT2D eigenvalue weighted by Crippen LogP contribution is 2.31. The predicted octanol–water partition coefficient (Wildman–Crippen LogP) is 5.41. The van der Waals surface area contributed by atoms with Crippen molar-refractivity contribution in [2.45, 2.75) is 19.8 Å². The first kappa shape index (κ1) is 20.7. The number of anilines is 2. The molecule has 0 unspecified atom stereocenters. The van der Waals surface area contributed by atoms with Gasteiger partial charge in [-0.05, 0) is 35.7 Å². The second-order valence-electron chi connectivity index (χ2n) is 7.66. The SMILES string of the molecule is CC(C)c1ccc(NC(=O)N2CCN(c3ncnc4c(Cl)cc(Cl)cc34)CC2)cc1. The van der Waals surface area contributed by atoms with Crippen molar-refractivity contribution in [1.82, 2.24) is 14.9 Å². The van der Waals surface area contributed by atoms with Crippen molar-refractivity contribution >= 4 is 51.6 Å². The molecule has 1 N–H and O–H groups in total. The van der Waals surface area contributed by atoms with E-state index >= 15 is 0 Å². The van der Waals surface area contributed by atoms with E-state index in [1.54, 1.807) is 6.07 Å². The summed E-state index contributed by atoms with van der Waals surface area (Å²) in [6, 6.07) is 11.4. The predicted molar refractivity (Wildman–Crippen MR) is 123 cm³/mol. The number of nitrogens with zero attached hydrogens (tertiary/aromatic N) is 4. The molecule has 0 atom stereocenters. The fourth-order valence-electron chi connectivity index (χ4n) is 3.61. The molecule has 1 aliphatic rings. The zero-order valence-corrected chi connectivity index (χ0v) is 18.4. The molecule has 0 saturated carbocycles. The summed E-state index contributed by atoms with van der Waals surface area (Å²) in [7, 11) is 0. The molecule has 4 rings (SSSR count). The molecule has 156 valence electrons. The monoisotopic (exact) mass is 443 g/mol. The van der Waals surface area contributed by atoms with Crippen LogP contribution in [0.5, 0.6) is 0 Å². The molecule has 2 heterocycles. The Morgan fingerprint density at radius 3 is 2.40 bits per heavy atom. The standard InChI is InChI=1S/C22H23Cl2N5O/c1-14(2)15-3-5-17(6-4-15)27-22(30)29-9-7-28(8-10-29)21-18-11-16(23)12-19(24)20(18)25-13-26-21/h3-6,11-14H,7-10H2,1-2H3,(H,27,30). The van der Waals surface area contributed by atoms with Gasteiger partial charge < -0.3 is 15.1 Å². The van der Waals surface area contributed by atoms with Crippen LogP contribution in [-0.2, 0) is 0 Å². The molecule has 30 heavy (non-hydrogen) atoms. The van der Waals surface area contributed by atoms with Crippen molar-refractivity contribution in [2.75, 3.05) is 36.4 Å². The summed E-state index contributed by atoms with van der Waals surface area (Å²) >= 11 is 12.5. The van der Waals surface area contributed by atoms with Crippen LogP contribution in [0.15, 0.2) is 42.7 Å². The minimum absolute atomic E-state index is 0.0921. The summed E-state index contributed by atoms with van der Waals surface area (Å²) in [5.74, 6) is 1.25. The molecule has 2 amide bonds. The maximum atomic E-state index is 12.7. The minimum atomic E-state index is -0.0921. The zero-order chi connectivity index (χ0) is 21.3. The lowest BCUT2D eigenvalue weighted by Crippen LogP contribution is -2.50. The summed E-state index contributed by atoms with van der Waals surface area (Å²) in [5, 5.41) is 4.85. The van der Waals surface area contributed by atoms with Crippen molar-refractivity contribution in [2.24, 2.45) is 0 Å². The van der Waals surface area contributed by atoms with E-state index in [0.29, 0.717) is 47.7 Å². The Hall–Kier alpha value is -2.57. The van der Waals surface area contributed by atoms with Crippen LogP contribution in [0.1, 0.15) is 25.3 Å². The van der Waals surface area contributed by atoms with E-state index in [1.165, 1.54) is 11.9 Å². The zero-order valence-electron chi connectivity index (χ0n) is 16.9. The summed E-state index contributed by atoms with van der Waals surface area (Å²) in [6.07, 6.45) is 1.51. The maximum absolute atomic E-state index is 12.7. The molecule has 0 bridgehead atoms. The van der Waals surface area contributed by atoms with Crippen molar-refractivity contribution in [3.05, 3.63) is 58.3 Å². The van der Waals surface area contributed by atoms with Gasteiger partial charge in [-0.2, -0.15) is 0 Å². The third kappa shape index (κ3) is 4.30. The number of benzene rings is 2. The minimum Gasteiger partial charge on any atom is -0.352 e. The molecule has 1 aromatic heterocycles. The summed E-state index contributed by atoms with van der Waals surface area (Å²) in [6.45, 7) is 6.81. The van der Waals surface area contributed by atoms with Gasteiger partial charge in [-0.25, -0.2) is 14.8 Å². The van der Waals surface area contributed by atoms with Gasteiger partial charge in [0.15, 0.2) is 0 Å². The summed E-state index contributed by atoms with van der Waals surface area (Å²) < 4.78 is 0. The van der Waals surface area contributed by atoms with Gasteiger partial charge in [-0.1, -0.05) is 49.2 Å².